The lowest BCUT2D eigenvalue weighted by atomic mass is 9.69. The van der Waals surface area contributed by atoms with Crippen LogP contribution in [0.2, 0.25) is 0 Å². The van der Waals surface area contributed by atoms with Gasteiger partial charge in [-0.05, 0) is 50.4 Å². The molecule has 0 unspecified atom stereocenters. The average molecular weight is 251 g/mol. The summed E-state index contributed by atoms with van der Waals surface area (Å²) in [4.78, 5) is 12.0. The predicted molar refractivity (Wildman–Crippen MR) is 77.3 cm³/mol. The van der Waals surface area contributed by atoms with E-state index in [9.17, 15) is 4.79 Å². The summed E-state index contributed by atoms with van der Waals surface area (Å²) in [5, 5.41) is 3.05. The van der Waals surface area contributed by atoms with E-state index in [-0.39, 0.29) is 11.8 Å². The SMILES string of the molecule is C/C=C/CCNC(=O)C1CCC(C(C)(C)C)CC1. The van der Waals surface area contributed by atoms with Crippen molar-refractivity contribution in [1.82, 2.24) is 5.32 Å². The minimum atomic E-state index is 0.259. The van der Waals surface area contributed by atoms with Crippen molar-refractivity contribution in [3.63, 3.8) is 0 Å². The van der Waals surface area contributed by atoms with Gasteiger partial charge in [-0.3, -0.25) is 4.79 Å². The third-order valence-corrected chi connectivity index (χ3v) is 4.17. The van der Waals surface area contributed by atoms with Crippen LogP contribution in [0.25, 0.3) is 0 Å². The van der Waals surface area contributed by atoms with Gasteiger partial charge < -0.3 is 5.32 Å². The summed E-state index contributed by atoms with van der Waals surface area (Å²) in [6.07, 6.45) is 9.61. The fourth-order valence-corrected chi connectivity index (χ4v) is 2.81. The molecule has 0 aromatic heterocycles. The molecule has 1 N–H and O–H groups in total. The van der Waals surface area contributed by atoms with E-state index < -0.39 is 0 Å². The minimum absolute atomic E-state index is 0.259. The van der Waals surface area contributed by atoms with Crippen molar-refractivity contribution in [1.29, 1.82) is 0 Å². The topological polar surface area (TPSA) is 29.1 Å². The number of hydrogen-bond donors (Lipinski definition) is 1. The van der Waals surface area contributed by atoms with Crippen LogP contribution in [0.1, 0.15) is 59.8 Å². The molecule has 1 rings (SSSR count). The van der Waals surface area contributed by atoms with Crippen LogP contribution in [-0.2, 0) is 4.79 Å². The Bertz CT molecular complexity index is 280. The quantitative estimate of drug-likeness (QED) is 0.595. The first kappa shape index (κ1) is 15.3. The van der Waals surface area contributed by atoms with Gasteiger partial charge in [0.05, 0.1) is 0 Å². The molecule has 0 atom stereocenters. The van der Waals surface area contributed by atoms with Crippen LogP contribution in [0.4, 0.5) is 0 Å². The summed E-state index contributed by atoms with van der Waals surface area (Å²) in [7, 11) is 0. The molecular weight excluding hydrogens is 222 g/mol. The number of hydrogen-bond acceptors (Lipinski definition) is 1. The molecular formula is C16H29NO. The number of carbonyl (C=O) groups is 1. The molecule has 104 valence electrons. The molecule has 0 aromatic carbocycles. The summed E-state index contributed by atoms with van der Waals surface area (Å²) in [6, 6.07) is 0. The third kappa shape index (κ3) is 4.83. The van der Waals surface area contributed by atoms with E-state index in [0.717, 1.165) is 31.7 Å². The molecule has 1 fully saturated rings. The van der Waals surface area contributed by atoms with Crippen molar-refractivity contribution in [3.8, 4) is 0 Å². The number of carbonyl (C=O) groups excluding carboxylic acids is 1. The van der Waals surface area contributed by atoms with Crippen LogP contribution in [-0.4, -0.2) is 12.5 Å². The molecule has 0 bridgehead atoms. The van der Waals surface area contributed by atoms with Gasteiger partial charge in [-0.25, -0.2) is 0 Å². The van der Waals surface area contributed by atoms with E-state index in [1.807, 2.05) is 13.0 Å². The smallest absolute Gasteiger partial charge is 0.223 e. The van der Waals surface area contributed by atoms with E-state index in [4.69, 9.17) is 0 Å². The zero-order valence-corrected chi connectivity index (χ0v) is 12.5. The highest BCUT2D eigenvalue weighted by molar-refractivity contribution is 5.78. The van der Waals surface area contributed by atoms with Crippen LogP contribution in [0, 0.1) is 17.3 Å². The molecule has 1 amide bonds. The molecule has 0 radical (unpaired) electrons. The summed E-state index contributed by atoms with van der Waals surface area (Å²) in [6.45, 7) is 9.73. The van der Waals surface area contributed by atoms with E-state index in [0.29, 0.717) is 5.41 Å². The Balaban J connectivity index is 2.27. The molecule has 0 spiro atoms. The molecule has 0 heterocycles. The van der Waals surface area contributed by atoms with Crippen LogP contribution in [0.5, 0.6) is 0 Å². The van der Waals surface area contributed by atoms with Crippen LogP contribution in [0.3, 0.4) is 0 Å². The van der Waals surface area contributed by atoms with Crippen molar-refractivity contribution < 1.29 is 4.79 Å². The first-order chi connectivity index (χ1) is 8.45. The normalized spacial score (nSPS) is 25.3. The molecule has 1 aliphatic rings. The Labute approximate surface area is 112 Å². The summed E-state index contributed by atoms with van der Waals surface area (Å²) in [5.74, 6) is 1.31. The van der Waals surface area contributed by atoms with Gasteiger partial charge in [0.15, 0.2) is 0 Å². The summed E-state index contributed by atoms with van der Waals surface area (Å²) >= 11 is 0. The van der Waals surface area contributed by atoms with E-state index in [1.54, 1.807) is 0 Å². The van der Waals surface area contributed by atoms with E-state index in [2.05, 4.69) is 32.2 Å². The lowest BCUT2D eigenvalue weighted by Gasteiger charge is -2.36. The fourth-order valence-electron chi connectivity index (χ4n) is 2.81. The summed E-state index contributed by atoms with van der Waals surface area (Å²) in [5.41, 5.74) is 0.396. The molecule has 0 aromatic rings. The Morgan fingerprint density at radius 2 is 1.83 bits per heavy atom. The van der Waals surface area contributed by atoms with Crippen molar-refractivity contribution in [2.24, 2.45) is 17.3 Å². The Hall–Kier alpha value is -0.790. The first-order valence-electron chi connectivity index (χ1n) is 7.34. The van der Waals surface area contributed by atoms with E-state index in [1.165, 1.54) is 12.8 Å². The molecule has 2 heteroatoms. The van der Waals surface area contributed by atoms with Crippen molar-refractivity contribution >= 4 is 5.91 Å². The molecule has 18 heavy (non-hydrogen) atoms. The molecule has 1 aliphatic carbocycles. The summed E-state index contributed by atoms with van der Waals surface area (Å²) < 4.78 is 0. The molecule has 0 saturated heterocycles. The number of allylic oxidation sites excluding steroid dienone is 1. The number of rotatable bonds is 4. The molecule has 1 saturated carbocycles. The first-order valence-corrected chi connectivity index (χ1v) is 7.34. The Morgan fingerprint density at radius 3 is 2.33 bits per heavy atom. The highest BCUT2D eigenvalue weighted by atomic mass is 16.1. The van der Waals surface area contributed by atoms with Crippen molar-refractivity contribution in [2.75, 3.05) is 6.54 Å². The van der Waals surface area contributed by atoms with Crippen LogP contribution >= 0.6 is 0 Å². The van der Waals surface area contributed by atoms with E-state index >= 15 is 0 Å². The second-order valence-corrected chi connectivity index (χ2v) is 6.56. The zero-order chi connectivity index (χ0) is 13.6. The second-order valence-electron chi connectivity index (χ2n) is 6.56. The van der Waals surface area contributed by atoms with Gasteiger partial charge in [0.2, 0.25) is 5.91 Å². The average Bonchev–Trinajstić information content (AvgIpc) is 2.33. The lowest BCUT2D eigenvalue weighted by Crippen LogP contribution is -2.35. The number of nitrogens with one attached hydrogen (secondary N) is 1. The largest absolute Gasteiger partial charge is 0.356 e. The van der Waals surface area contributed by atoms with Crippen LogP contribution < -0.4 is 5.32 Å². The third-order valence-electron chi connectivity index (χ3n) is 4.17. The zero-order valence-electron chi connectivity index (χ0n) is 12.5. The maximum absolute atomic E-state index is 12.0. The van der Waals surface area contributed by atoms with Gasteiger partial charge in [0, 0.05) is 12.5 Å². The van der Waals surface area contributed by atoms with Gasteiger partial charge >= 0.3 is 0 Å². The van der Waals surface area contributed by atoms with Gasteiger partial charge in [0.25, 0.3) is 0 Å². The monoisotopic (exact) mass is 251 g/mol. The Kier molecular flexibility index (Phi) is 5.90. The van der Waals surface area contributed by atoms with Crippen molar-refractivity contribution in [2.45, 2.75) is 59.8 Å². The maximum atomic E-state index is 12.0. The standard InChI is InChI=1S/C16H29NO/c1-5-6-7-12-17-15(18)13-8-10-14(11-9-13)16(2,3)4/h5-6,13-14H,7-12H2,1-4H3,(H,17,18)/b6-5+. The second kappa shape index (κ2) is 6.96. The Morgan fingerprint density at radius 1 is 1.22 bits per heavy atom. The molecule has 0 aliphatic heterocycles. The van der Waals surface area contributed by atoms with Crippen LogP contribution in [0.15, 0.2) is 12.2 Å². The minimum Gasteiger partial charge on any atom is -0.356 e. The van der Waals surface area contributed by atoms with Gasteiger partial charge in [-0.2, -0.15) is 0 Å². The highest BCUT2D eigenvalue weighted by Crippen LogP contribution is 2.39. The maximum Gasteiger partial charge on any atom is 0.223 e. The van der Waals surface area contributed by atoms with Gasteiger partial charge in [-0.1, -0.05) is 32.9 Å². The predicted octanol–water partition coefficient (Wildman–Crippen LogP) is 3.92. The fraction of sp³-hybridized carbons (Fsp3) is 0.812. The lowest BCUT2D eigenvalue weighted by molar-refractivity contribution is -0.126. The molecule has 2 nitrogen and oxygen atoms in total. The van der Waals surface area contributed by atoms with Gasteiger partial charge in [0.1, 0.15) is 0 Å². The van der Waals surface area contributed by atoms with Gasteiger partial charge in [-0.15, -0.1) is 0 Å². The number of amides is 1. The highest BCUT2D eigenvalue weighted by Gasteiger charge is 2.32. The van der Waals surface area contributed by atoms with Crippen molar-refractivity contribution in [3.05, 3.63) is 12.2 Å².